The smallest absolute Gasteiger partial charge is 0.244 e. The second kappa shape index (κ2) is 9.62. The monoisotopic (exact) mass is 215 g/mol. The Morgan fingerprint density at radius 1 is 1.25 bits per heavy atom. The van der Waals surface area contributed by atoms with Gasteiger partial charge in [0.2, 0.25) is 5.91 Å². The van der Waals surface area contributed by atoms with Gasteiger partial charge in [-0.3, -0.25) is 4.79 Å². The molecule has 0 saturated carbocycles. The third kappa shape index (κ3) is 10.2. The Morgan fingerprint density at radius 2 is 1.88 bits per heavy atom. The Hall–Kier alpha value is -1.93. The molecule has 0 aromatic heterocycles. The molecule has 84 valence electrons. The maximum absolute atomic E-state index is 11.2. The number of allylic oxidation sites excluding steroid dienone is 3. The summed E-state index contributed by atoms with van der Waals surface area (Å²) in [5, 5.41) is 2.75. The van der Waals surface area contributed by atoms with E-state index >= 15 is 0 Å². The van der Waals surface area contributed by atoms with Crippen LogP contribution in [0.25, 0.3) is 0 Å². The zero-order valence-electron chi connectivity index (χ0n) is 10.0. The molecule has 0 heterocycles. The topological polar surface area (TPSA) is 29.1 Å². The van der Waals surface area contributed by atoms with E-state index in [0.717, 1.165) is 0 Å². The molecule has 2 heteroatoms. The Balaban J connectivity index is 3.92. The van der Waals surface area contributed by atoms with Gasteiger partial charge in [0, 0.05) is 12.6 Å². The maximum atomic E-state index is 11.2. The molecule has 16 heavy (non-hydrogen) atoms. The van der Waals surface area contributed by atoms with Gasteiger partial charge >= 0.3 is 0 Å². The quantitative estimate of drug-likeness (QED) is 0.565. The molecule has 1 N–H and O–H groups in total. The first-order valence-electron chi connectivity index (χ1n) is 5.23. The molecule has 0 atom stereocenters. The van der Waals surface area contributed by atoms with E-state index < -0.39 is 0 Å². The number of nitrogens with one attached hydrogen (secondary N) is 1. The molecule has 0 spiro atoms. The molecule has 0 radical (unpaired) electrons. The lowest BCUT2D eigenvalue weighted by atomic mass is 10.2. The summed E-state index contributed by atoms with van der Waals surface area (Å²) >= 11 is 0. The molecule has 0 rings (SSSR count). The van der Waals surface area contributed by atoms with Crippen molar-refractivity contribution in [3.63, 3.8) is 0 Å². The number of amides is 1. The van der Waals surface area contributed by atoms with Gasteiger partial charge in [0.25, 0.3) is 0 Å². The van der Waals surface area contributed by atoms with Gasteiger partial charge < -0.3 is 5.32 Å². The molecular formula is C14H17NO. The highest BCUT2D eigenvalue weighted by Crippen LogP contribution is 1.86. The third-order valence-electron chi connectivity index (χ3n) is 1.46. The number of rotatable bonds is 3. The van der Waals surface area contributed by atoms with Crippen LogP contribution >= 0.6 is 0 Å². The molecule has 0 unspecified atom stereocenters. The van der Waals surface area contributed by atoms with Crippen molar-refractivity contribution in [2.24, 2.45) is 5.92 Å². The summed E-state index contributed by atoms with van der Waals surface area (Å²) in [5.41, 5.74) is 0. The first kappa shape index (κ1) is 14.1. The fourth-order valence-electron chi connectivity index (χ4n) is 0.720. The number of hydrogen-bond donors (Lipinski definition) is 1. The number of carbonyl (C=O) groups is 1. The van der Waals surface area contributed by atoms with Crippen LogP contribution < -0.4 is 5.32 Å². The van der Waals surface area contributed by atoms with Crippen LogP contribution in [0.1, 0.15) is 20.8 Å². The normalized spacial score (nSPS) is 9.75. The summed E-state index contributed by atoms with van der Waals surface area (Å²) < 4.78 is 0. The summed E-state index contributed by atoms with van der Waals surface area (Å²) in [6, 6.07) is 0. The van der Waals surface area contributed by atoms with Crippen molar-refractivity contribution in [2.45, 2.75) is 20.8 Å². The first-order chi connectivity index (χ1) is 7.66. The van der Waals surface area contributed by atoms with Gasteiger partial charge in [-0.15, -0.1) is 0 Å². The minimum Gasteiger partial charge on any atom is -0.352 e. The van der Waals surface area contributed by atoms with Crippen molar-refractivity contribution in [1.82, 2.24) is 5.32 Å². The summed E-state index contributed by atoms with van der Waals surface area (Å²) in [6.07, 6.45) is 6.46. The maximum Gasteiger partial charge on any atom is 0.244 e. The van der Waals surface area contributed by atoms with E-state index in [0.29, 0.717) is 12.5 Å². The summed E-state index contributed by atoms with van der Waals surface area (Å²) in [5.74, 6) is 11.0. The molecule has 0 saturated heterocycles. The van der Waals surface area contributed by atoms with Crippen LogP contribution in [0.5, 0.6) is 0 Å². The van der Waals surface area contributed by atoms with Crippen molar-refractivity contribution in [3.05, 3.63) is 24.3 Å². The van der Waals surface area contributed by atoms with Crippen LogP contribution in [0, 0.1) is 29.6 Å². The minimum atomic E-state index is -0.121. The first-order valence-corrected chi connectivity index (χ1v) is 5.23. The van der Waals surface area contributed by atoms with Gasteiger partial charge in [-0.25, -0.2) is 0 Å². The van der Waals surface area contributed by atoms with Crippen molar-refractivity contribution in [2.75, 3.05) is 6.54 Å². The van der Waals surface area contributed by atoms with Gasteiger partial charge in [-0.05, 0) is 36.8 Å². The molecule has 0 aliphatic carbocycles. The van der Waals surface area contributed by atoms with E-state index in [4.69, 9.17) is 0 Å². The summed E-state index contributed by atoms with van der Waals surface area (Å²) in [6.45, 7) is 6.65. The lowest BCUT2D eigenvalue weighted by Crippen LogP contribution is -2.25. The zero-order chi connectivity index (χ0) is 12.2. The average molecular weight is 215 g/mol. The predicted octanol–water partition coefficient (Wildman–Crippen LogP) is 1.90. The fraction of sp³-hybridized carbons (Fsp3) is 0.357. The van der Waals surface area contributed by atoms with Gasteiger partial charge in [0.15, 0.2) is 0 Å². The van der Waals surface area contributed by atoms with Crippen molar-refractivity contribution >= 4 is 5.91 Å². The Labute approximate surface area is 97.8 Å². The number of carbonyl (C=O) groups excluding carboxylic acids is 1. The molecule has 2 nitrogen and oxygen atoms in total. The van der Waals surface area contributed by atoms with E-state index in [1.165, 1.54) is 12.2 Å². The highest BCUT2D eigenvalue weighted by molar-refractivity contribution is 5.87. The van der Waals surface area contributed by atoms with E-state index in [2.05, 4.69) is 29.0 Å². The van der Waals surface area contributed by atoms with Crippen LogP contribution in [0.15, 0.2) is 24.3 Å². The van der Waals surface area contributed by atoms with Gasteiger partial charge in [-0.1, -0.05) is 31.8 Å². The van der Waals surface area contributed by atoms with E-state index in [1.807, 2.05) is 26.8 Å². The third-order valence-corrected chi connectivity index (χ3v) is 1.46. The Kier molecular flexibility index (Phi) is 8.46. The van der Waals surface area contributed by atoms with Gasteiger partial charge in [-0.2, -0.15) is 0 Å². The largest absolute Gasteiger partial charge is 0.352 e. The highest BCUT2D eigenvalue weighted by atomic mass is 16.1. The van der Waals surface area contributed by atoms with Gasteiger partial charge in [0.1, 0.15) is 0 Å². The van der Waals surface area contributed by atoms with Crippen LogP contribution in [0.4, 0.5) is 0 Å². The molecule has 0 aromatic rings. The molecule has 0 aliphatic rings. The molecule has 0 fully saturated rings. The van der Waals surface area contributed by atoms with Crippen molar-refractivity contribution in [3.8, 4) is 23.7 Å². The molecule has 0 aliphatic heterocycles. The Morgan fingerprint density at radius 3 is 2.44 bits per heavy atom. The van der Waals surface area contributed by atoms with Crippen molar-refractivity contribution in [1.29, 1.82) is 0 Å². The van der Waals surface area contributed by atoms with Gasteiger partial charge in [0.05, 0.1) is 0 Å². The van der Waals surface area contributed by atoms with Crippen LogP contribution in [-0.4, -0.2) is 12.5 Å². The zero-order valence-corrected chi connectivity index (χ0v) is 10.0. The molecular weight excluding hydrogens is 198 g/mol. The molecule has 1 amide bonds. The molecule has 0 bridgehead atoms. The summed E-state index contributed by atoms with van der Waals surface area (Å²) in [7, 11) is 0. The second-order valence-corrected chi connectivity index (χ2v) is 3.51. The SMILES string of the molecule is C/C=C/C#CC#C/C=C/C(=O)NCC(C)C. The van der Waals surface area contributed by atoms with E-state index in [-0.39, 0.29) is 5.91 Å². The predicted molar refractivity (Wildman–Crippen MR) is 67.4 cm³/mol. The fourth-order valence-corrected chi connectivity index (χ4v) is 0.720. The highest BCUT2D eigenvalue weighted by Gasteiger charge is 1.95. The summed E-state index contributed by atoms with van der Waals surface area (Å²) in [4.78, 5) is 11.2. The second-order valence-electron chi connectivity index (χ2n) is 3.51. The van der Waals surface area contributed by atoms with E-state index in [9.17, 15) is 4.79 Å². The standard InChI is InChI=1S/C14H17NO/c1-4-5-6-7-8-9-10-11-14(16)15-12-13(2)3/h4-5,10-11,13H,12H2,1-3H3,(H,15,16)/b5-4+,11-10+. The van der Waals surface area contributed by atoms with E-state index in [1.54, 1.807) is 6.08 Å². The van der Waals surface area contributed by atoms with Crippen LogP contribution in [0.2, 0.25) is 0 Å². The van der Waals surface area contributed by atoms with Crippen molar-refractivity contribution < 1.29 is 4.79 Å². The Bertz CT molecular complexity index is 380. The molecule has 0 aromatic carbocycles. The lowest BCUT2D eigenvalue weighted by molar-refractivity contribution is -0.116. The minimum absolute atomic E-state index is 0.121. The van der Waals surface area contributed by atoms with Crippen LogP contribution in [0.3, 0.4) is 0 Å². The van der Waals surface area contributed by atoms with Crippen LogP contribution in [-0.2, 0) is 4.79 Å². The average Bonchev–Trinajstić information content (AvgIpc) is 2.25. The lowest BCUT2D eigenvalue weighted by Gasteiger charge is -2.03. The number of hydrogen-bond acceptors (Lipinski definition) is 1.